The minimum atomic E-state index is -0.217. The third kappa shape index (κ3) is 2.65. The van der Waals surface area contributed by atoms with Crippen LogP contribution in [-0.2, 0) is 16.1 Å². The van der Waals surface area contributed by atoms with Gasteiger partial charge >= 0.3 is 5.97 Å². The molecule has 3 heterocycles. The highest BCUT2D eigenvalue weighted by atomic mass is 79.9. The van der Waals surface area contributed by atoms with Gasteiger partial charge in [0.2, 0.25) is 0 Å². The van der Waals surface area contributed by atoms with Gasteiger partial charge in [-0.05, 0) is 35.0 Å². The summed E-state index contributed by atoms with van der Waals surface area (Å²) in [6, 6.07) is 3.82. The Bertz CT molecular complexity index is 656. The van der Waals surface area contributed by atoms with Gasteiger partial charge in [0.15, 0.2) is 0 Å². The predicted molar refractivity (Wildman–Crippen MR) is 81.8 cm³/mol. The minimum absolute atomic E-state index is 0.190. The highest BCUT2D eigenvalue weighted by Gasteiger charge is 2.29. The summed E-state index contributed by atoms with van der Waals surface area (Å²) in [5, 5.41) is 7.82. The number of nitrogens with one attached hydrogen (secondary N) is 1. The van der Waals surface area contributed by atoms with E-state index in [4.69, 9.17) is 4.74 Å². The zero-order valence-corrected chi connectivity index (χ0v) is 13.1. The lowest BCUT2D eigenvalue weighted by Crippen LogP contribution is -2.34. The Morgan fingerprint density at radius 3 is 3.19 bits per heavy atom. The summed E-state index contributed by atoms with van der Waals surface area (Å²) in [4.78, 5) is 16.0. The third-order valence-electron chi connectivity index (χ3n) is 3.36. The van der Waals surface area contributed by atoms with Gasteiger partial charge in [0, 0.05) is 24.5 Å². The van der Waals surface area contributed by atoms with Gasteiger partial charge in [0.1, 0.15) is 11.5 Å². The fraction of sp³-hybridized carbons (Fsp3) is 0.357. The van der Waals surface area contributed by atoms with Crippen LogP contribution in [0.2, 0.25) is 0 Å². The van der Waals surface area contributed by atoms with Crippen LogP contribution in [0, 0.1) is 5.92 Å². The number of hydrogen-bond donors (Lipinski definition) is 1. The number of esters is 1. The van der Waals surface area contributed by atoms with Gasteiger partial charge in [0.25, 0.3) is 0 Å². The fourth-order valence-electron chi connectivity index (χ4n) is 2.34. The Kier molecular flexibility index (Phi) is 3.92. The molecule has 1 aliphatic heterocycles. The molecular weight excluding hydrogens is 336 g/mol. The molecular formula is C14H15BrN4O2. The smallest absolute Gasteiger partial charge is 0.312 e. The van der Waals surface area contributed by atoms with Crippen molar-refractivity contribution in [3.63, 3.8) is 0 Å². The van der Waals surface area contributed by atoms with Crippen molar-refractivity contribution < 1.29 is 9.53 Å². The van der Waals surface area contributed by atoms with Crippen LogP contribution in [0.25, 0.3) is 11.3 Å². The number of nitrogens with zero attached hydrogens (tertiary/aromatic N) is 3. The average Bonchev–Trinajstić information content (AvgIpc) is 2.85. The van der Waals surface area contributed by atoms with Gasteiger partial charge in [-0.3, -0.25) is 9.78 Å². The van der Waals surface area contributed by atoms with Gasteiger partial charge in [0.05, 0.1) is 23.5 Å². The van der Waals surface area contributed by atoms with Crippen molar-refractivity contribution in [2.24, 2.45) is 5.92 Å². The highest BCUT2D eigenvalue weighted by Crippen LogP contribution is 2.35. The molecule has 110 valence electrons. The first-order valence-electron chi connectivity index (χ1n) is 6.78. The molecule has 0 aliphatic carbocycles. The summed E-state index contributed by atoms with van der Waals surface area (Å²) in [7, 11) is 0. The number of aromatic nitrogens is 3. The number of carbonyl (C=O) groups excluding carboxylic acids is 1. The van der Waals surface area contributed by atoms with Crippen LogP contribution >= 0.6 is 15.9 Å². The van der Waals surface area contributed by atoms with Crippen molar-refractivity contribution in [3.8, 4) is 11.3 Å². The lowest BCUT2D eigenvalue weighted by molar-refractivity contribution is -0.148. The second-order valence-electron chi connectivity index (χ2n) is 4.76. The first kappa shape index (κ1) is 14.1. The minimum Gasteiger partial charge on any atom is -0.466 e. The van der Waals surface area contributed by atoms with E-state index in [0.717, 1.165) is 21.5 Å². The molecule has 0 saturated heterocycles. The number of halogens is 1. The Labute approximate surface area is 130 Å². The molecule has 1 unspecified atom stereocenters. The highest BCUT2D eigenvalue weighted by molar-refractivity contribution is 9.10. The number of fused-ring (bicyclic) bond motifs is 1. The van der Waals surface area contributed by atoms with Crippen molar-refractivity contribution >= 4 is 27.7 Å². The van der Waals surface area contributed by atoms with Crippen molar-refractivity contribution in [1.82, 2.24) is 14.8 Å². The van der Waals surface area contributed by atoms with Crippen LogP contribution in [0.15, 0.2) is 29.0 Å². The van der Waals surface area contributed by atoms with E-state index in [2.05, 4.69) is 31.3 Å². The van der Waals surface area contributed by atoms with Crippen LogP contribution in [-0.4, -0.2) is 33.9 Å². The van der Waals surface area contributed by atoms with E-state index in [1.165, 1.54) is 0 Å². The summed E-state index contributed by atoms with van der Waals surface area (Å²) in [5.74, 6) is 0.477. The van der Waals surface area contributed by atoms with Crippen molar-refractivity contribution in [3.05, 3.63) is 29.0 Å². The maximum atomic E-state index is 11.8. The van der Waals surface area contributed by atoms with Crippen LogP contribution in [0.3, 0.4) is 0 Å². The van der Waals surface area contributed by atoms with Gasteiger partial charge in [-0.25, -0.2) is 4.68 Å². The quantitative estimate of drug-likeness (QED) is 0.860. The molecule has 0 aromatic carbocycles. The number of ether oxygens (including phenoxy) is 1. The fourth-order valence-corrected chi connectivity index (χ4v) is 2.99. The summed E-state index contributed by atoms with van der Waals surface area (Å²) < 4.78 is 7.77. The molecule has 0 saturated carbocycles. The van der Waals surface area contributed by atoms with Gasteiger partial charge in [-0.1, -0.05) is 0 Å². The second-order valence-corrected chi connectivity index (χ2v) is 5.56. The zero-order valence-electron chi connectivity index (χ0n) is 11.5. The van der Waals surface area contributed by atoms with Crippen LogP contribution in [0.5, 0.6) is 0 Å². The molecule has 2 aromatic rings. The first-order valence-corrected chi connectivity index (χ1v) is 7.57. The summed E-state index contributed by atoms with van der Waals surface area (Å²) >= 11 is 3.57. The molecule has 0 fully saturated rings. The Hall–Kier alpha value is -1.89. The van der Waals surface area contributed by atoms with E-state index in [0.29, 0.717) is 19.7 Å². The first-order chi connectivity index (χ1) is 10.2. The molecule has 0 radical (unpaired) electrons. The average molecular weight is 351 g/mol. The third-order valence-corrected chi connectivity index (χ3v) is 4.11. The lowest BCUT2D eigenvalue weighted by Gasteiger charge is -2.23. The monoisotopic (exact) mass is 350 g/mol. The van der Waals surface area contributed by atoms with Crippen LogP contribution in [0.4, 0.5) is 5.82 Å². The van der Waals surface area contributed by atoms with E-state index in [1.807, 2.05) is 19.1 Å². The molecule has 1 aliphatic rings. The lowest BCUT2D eigenvalue weighted by atomic mass is 10.1. The Morgan fingerprint density at radius 1 is 1.62 bits per heavy atom. The maximum Gasteiger partial charge on any atom is 0.312 e. The van der Waals surface area contributed by atoms with E-state index < -0.39 is 0 Å². The van der Waals surface area contributed by atoms with Crippen molar-refractivity contribution in [1.29, 1.82) is 0 Å². The Balaban J connectivity index is 1.89. The molecule has 0 spiro atoms. The number of hydrogen-bond acceptors (Lipinski definition) is 5. The van der Waals surface area contributed by atoms with Gasteiger partial charge in [-0.2, -0.15) is 5.10 Å². The normalized spacial score (nSPS) is 17.0. The number of pyridine rings is 1. The SMILES string of the molecule is CCOC(=O)C1CNc2c(Br)c(-c3cccnc3)nn2C1. The maximum absolute atomic E-state index is 11.8. The van der Waals surface area contributed by atoms with Crippen molar-refractivity contribution in [2.75, 3.05) is 18.5 Å². The summed E-state index contributed by atoms with van der Waals surface area (Å²) in [6.07, 6.45) is 3.49. The predicted octanol–water partition coefficient (Wildman–Crippen LogP) is 2.31. The van der Waals surface area contributed by atoms with Gasteiger partial charge < -0.3 is 10.1 Å². The molecule has 0 amide bonds. The van der Waals surface area contributed by atoms with E-state index in [1.54, 1.807) is 17.1 Å². The molecule has 2 aromatic heterocycles. The topological polar surface area (TPSA) is 69.0 Å². The summed E-state index contributed by atoms with van der Waals surface area (Å²) in [5.41, 5.74) is 1.75. The van der Waals surface area contributed by atoms with E-state index in [-0.39, 0.29) is 11.9 Å². The van der Waals surface area contributed by atoms with Crippen LogP contribution < -0.4 is 5.32 Å². The van der Waals surface area contributed by atoms with Crippen molar-refractivity contribution in [2.45, 2.75) is 13.5 Å². The molecule has 21 heavy (non-hydrogen) atoms. The van der Waals surface area contributed by atoms with Crippen LogP contribution in [0.1, 0.15) is 6.92 Å². The van der Waals surface area contributed by atoms with Gasteiger partial charge in [-0.15, -0.1) is 0 Å². The molecule has 7 heteroatoms. The Morgan fingerprint density at radius 2 is 2.48 bits per heavy atom. The van der Waals surface area contributed by atoms with E-state index >= 15 is 0 Å². The molecule has 6 nitrogen and oxygen atoms in total. The molecule has 1 atom stereocenters. The summed E-state index contributed by atoms with van der Waals surface area (Å²) in [6.45, 7) is 3.27. The standard InChI is InChI=1S/C14H15BrN4O2/c1-2-21-14(20)10-7-17-13-11(15)12(18-19(13)8-10)9-4-3-5-16-6-9/h3-6,10,17H,2,7-8H2,1H3. The molecule has 0 bridgehead atoms. The number of rotatable bonds is 3. The van der Waals surface area contributed by atoms with E-state index in [9.17, 15) is 4.79 Å². The molecule has 1 N–H and O–H groups in total. The zero-order chi connectivity index (χ0) is 14.8. The molecule has 3 rings (SSSR count). The largest absolute Gasteiger partial charge is 0.466 e. The second kappa shape index (κ2) is 5.85. The number of carbonyl (C=O) groups is 1. The number of anilines is 1.